The first-order valence-corrected chi connectivity index (χ1v) is 17.7. The summed E-state index contributed by atoms with van der Waals surface area (Å²) in [5.74, 6) is 0. The first-order chi connectivity index (χ1) is 20.6. The zero-order chi connectivity index (χ0) is 37.6. The van der Waals surface area contributed by atoms with Gasteiger partial charge < -0.3 is 0 Å². The van der Waals surface area contributed by atoms with Crippen LogP contribution in [0.15, 0.2) is 103 Å². The lowest BCUT2D eigenvalue weighted by Gasteiger charge is -2.18. The molecular weight excluding hydrogens is 540 g/mol. The Morgan fingerprint density at radius 1 is 0.244 bits per heavy atom. The molecule has 0 bridgehead atoms. The van der Waals surface area contributed by atoms with Gasteiger partial charge in [0.05, 0.1) is 0 Å². The van der Waals surface area contributed by atoms with Crippen LogP contribution < -0.4 is 0 Å². The lowest BCUT2D eigenvalue weighted by atomic mass is 9.87. The van der Waals surface area contributed by atoms with Crippen molar-refractivity contribution in [3.63, 3.8) is 0 Å². The molecule has 0 nitrogen and oxygen atoms in total. The highest BCUT2D eigenvalue weighted by Crippen LogP contribution is 2.20. The molecule has 0 saturated heterocycles. The summed E-state index contributed by atoms with van der Waals surface area (Å²) in [6.45, 7) is 48.9. The van der Waals surface area contributed by atoms with E-state index in [2.05, 4.69) is 134 Å². The Morgan fingerprint density at radius 2 is 0.356 bits per heavy atom. The SMILES string of the molecule is CC.CC.CC.CC.CC(C)(C)C.CC(C)(C)C.CC(C)(C)C.CC(C)(C)c1ccccc1.c1ccccc1.c1ccccc1. The summed E-state index contributed by atoms with van der Waals surface area (Å²) in [6, 6.07) is 34.6. The van der Waals surface area contributed by atoms with Crippen LogP contribution in [0.1, 0.15) is 165 Å². The highest BCUT2D eigenvalue weighted by atomic mass is 14.2. The molecule has 0 unspecified atom stereocenters. The van der Waals surface area contributed by atoms with E-state index in [1.807, 2.05) is 128 Å². The molecule has 0 N–H and O–H groups in total. The molecule has 45 heavy (non-hydrogen) atoms. The van der Waals surface area contributed by atoms with E-state index in [-0.39, 0.29) is 0 Å². The predicted molar refractivity (Wildman–Crippen MR) is 219 cm³/mol. The van der Waals surface area contributed by atoms with Gasteiger partial charge in [0.15, 0.2) is 0 Å². The maximum Gasteiger partial charge on any atom is -0.0132 e. The number of hydrogen-bond donors (Lipinski definition) is 0. The molecule has 0 aromatic heterocycles. The van der Waals surface area contributed by atoms with E-state index in [1.165, 1.54) is 5.56 Å². The Labute approximate surface area is 288 Å². The van der Waals surface area contributed by atoms with Gasteiger partial charge >= 0.3 is 0 Å². The predicted octanol–water partition coefficient (Wildman–Crippen LogP) is 16.6. The molecule has 0 spiro atoms. The minimum absolute atomic E-state index is 0.293. The fourth-order valence-corrected chi connectivity index (χ4v) is 1.71. The Bertz CT molecular complexity index is 671. The maximum atomic E-state index is 2.22. The van der Waals surface area contributed by atoms with Crippen LogP contribution in [0.25, 0.3) is 0 Å². The maximum absolute atomic E-state index is 2.22. The van der Waals surface area contributed by atoms with Crippen LogP contribution in [-0.2, 0) is 5.41 Å². The largest absolute Gasteiger partial charge is 0.0683 e. The highest BCUT2D eigenvalue weighted by Gasteiger charge is 2.11. The van der Waals surface area contributed by atoms with Crippen LogP contribution in [0.3, 0.4) is 0 Å². The lowest BCUT2D eigenvalue weighted by molar-refractivity contribution is 0.469. The van der Waals surface area contributed by atoms with Crippen LogP contribution >= 0.6 is 0 Å². The van der Waals surface area contributed by atoms with Crippen molar-refractivity contribution in [3.05, 3.63) is 109 Å². The van der Waals surface area contributed by atoms with Gasteiger partial charge in [-0.15, -0.1) is 0 Å². The van der Waals surface area contributed by atoms with E-state index in [9.17, 15) is 0 Å². The summed E-state index contributed by atoms with van der Waals surface area (Å²) in [4.78, 5) is 0. The van der Waals surface area contributed by atoms with Gasteiger partial charge in [-0.3, -0.25) is 0 Å². The normalized spacial score (nSPS) is 9.22. The van der Waals surface area contributed by atoms with E-state index in [0.717, 1.165) is 0 Å². The van der Waals surface area contributed by atoms with Crippen LogP contribution in [0.5, 0.6) is 0 Å². The van der Waals surface area contributed by atoms with Gasteiger partial charge in [0.25, 0.3) is 0 Å². The van der Waals surface area contributed by atoms with Crippen molar-refractivity contribution >= 4 is 0 Å². The minimum atomic E-state index is 0.293. The van der Waals surface area contributed by atoms with E-state index in [1.54, 1.807) is 0 Å². The highest BCUT2D eigenvalue weighted by molar-refractivity contribution is 5.22. The third kappa shape index (κ3) is 117. The lowest BCUT2D eigenvalue weighted by Crippen LogP contribution is -2.10. The first kappa shape index (κ1) is 58.2. The van der Waals surface area contributed by atoms with Gasteiger partial charge in [-0.2, -0.15) is 0 Å². The van der Waals surface area contributed by atoms with Crippen LogP contribution in [0.2, 0.25) is 0 Å². The molecule has 0 heterocycles. The second-order valence-corrected chi connectivity index (χ2v) is 14.9. The van der Waals surface area contributed by atoms with Crippen molar-refractivity contribution in [3.8, 4) is 0 Å². The Balaban J connectivity index is -0.0000000750. The fraction of sp³-hybridized carbons (Fsp3) is 0.600. The van der Waals surface area contributed by atoms with Crippen LogP contribution in [-0.4, -0.2) is 0 Å². The second-order valence-electron chi connectivity index (χ2n) is 14.9. The fourth-order valence-electron chi connectivity index (χ4n) is 1.71. The Hall–Kier alpha value is -2.34. The summed E-state index contributed by atoms with van der Waals surface area (Å²) in [5.41, 5.74) is 3.19. The zero-order valence-electron chi connectivity index (χ0n) is 35.3. The molecule has 3 rings (SSSR count). The monoisotopic (exact) mass is 627 g/mol. The molecule has 0 atom stereocenters. The van der Waals surface area contributed by atoms with Gasteiger partial charge in [0.1, 0.15) is 0 Å². The first-order valence-electron chi connectivity index (χ1n) is 17.7. The van der Waals surface area contributed by atoms with Gasteiger partial charge in [-0.25, -0.2) is 0 Å². The summed E-state index contributed by atoms with van der Waals surface area (Å²) in [7, 11) is 0. The van der Waals surface area contributed by atoms with Crippen molar-refractivity contribution in [2.45, 2.75) is 165 Å². The van der Waals surface area contributed by atoms with Gasteiger partial charge in [0, 0.05) is 0 Å². The molecule has 0 aliphatic heterocycles. The molecule has 3 aromatic rings. The zero-order valence-corrected chi connectivity index (χ0v) is 35.3. The van der Waals surface area contributed by atoms with Gasteiger partial charge in [-0.1, -0.05) is 262 Å². The second kappa shape index (κ2) is 39.7. The van der Waals surface area contributed by atoms with Crippen molar-refractivity contribution in [1.29, 1.82) is 0 Å². The molecule has 0 radical (unpaired) electrons. The average Bonchev–Trinajstić information content (AvgIpc) is 2.97. The molecule has 0 fully saturated rings. The number of rotatable bonds is 0. The topological polar surface area (TPSA) is 0 Å². The Kier molecular flexibility index (Phi) is 51.3. The molecule has 0 saturated carbocycles. The minimum Gasteiger partial charge on any atom is -0.0683 e. The molecular formula is C45H86. The van der Waals surface area contributed by atoms with Gasteiger partial charge in [0.2, 0.25) is 0 Å². The van der Waals surface area contributed by atoms with E-state index >= 15 is 0 Å². The summed E-state index contributed by atoms with van der Waals surface area (Å²) >= 11 is 0. The number of benzene rings is 3. The summed E-state index contributed by atoms with van der Waals surface area (Å²) in [6.07, 6.45) is 0. The third-order valence-corrected chi connectivity index (χ3v) is 2.97. The van der Waals surface area contributed by atoms with Crippen LogP contribution in [0, 0.1) is 16.2 Å². The summed E-state index contributed by atoms with van der Waals surface area (Å²) < 4.78 is 0. The molecule has 0 heteroatoms. The van der Waals surface area contributed by atoms with Crippen molar-refractivity contribution in [2.24, 2.45) is 16.2 Å². The summed E-state index contributed by atoms with van der Waals surface area (Å²) in [5, 5.41) is 0. The molecule has 0 aliphatic rings. The standard InChI is InChI=1S/C10H14.2C6H6.3C5H12.4C2H6/c1-10(2,3)9-7-5-4-6-8-9;2*1-2-4-6-5-3-1;3*1-5(2,3)4;4*1-2/h4-8H,1-3H3;2*1-6H;3*1-4H3;4*1-2H3. The van der Waals surface area contributed by atoms with Crippen molar-refractivity contribution in [1.82, 2.24) is 0 Å². The quantitative estimate of drug-likeness (QED) is 0.233. The number of hydrogen-bond acceptors (Lipinski definition) is 0. The van der Waals surface area contributed by atoms with E-state index < -0.39 is 0 Å². The van der Waals surface area contributed by atoms with Crippen LogP contribution in [0.4, 0.5) is 0 Å². The molecule has 266 valence electrons. The van der Waals surface area contributed by atoms with E-state index in [4.69, 9.17) is 0 Å². The van der Waals surface area contributed by atoms with Crippen molar-refractivity contribution < 1.29 is 0 Å². The van der Waals surface area contributed by atoms with Crippen molar-refractivity contribution in [2.75, 3.05) is 0 Å². The van der Waals surface area contributed by atoms with E-state index in [0.29, 0.717) is 21.7 Å². The molecule has 0 amide bonds. The molecule has 3 aromatic carbocycles. The smallest absolute Gasteiger partial charge is 0.0132 e. The van der Waals surface area contributed by atoms with Gasteiger partial charge in [-0.05, 0) is 27.2 Å². The third-order valence-electron chi connectivity index (χ3n) is 2.97. The molecule has 0 aliphatic carbocycles. The Morgan fingerprint density at radius 3 is 0.444 bits per heavy atom. The average molecular weight is 627 g/mol.